The average Bonchev–Trinajstić information content (AvgIpc) is 2.69. The molecule has 1 aliphatic heterocycles. The first-order valence-corrected chi connectivity index (χ1v) is 9.92. The Morgan fingerprint density at radius 3 is 1.93 bits per heavy atom. The minimum absolute atomic E-state index is 0.643. The van der Waals surface area contributed by atoms with Gasteiger partial charge in [-0.2, -0.15) is 0 Å². The Bertz CT molecular complexity index is 503. The van der Waals surface area contributed by atoms with Gasteiger partial charge in [0.1, 0.15) is 0 Å². The summed E-state index contributed by atoms with van der Waals surface area (Å²) in [5.41, 5.74) is 1.17. The molecule has 0 spiro atoms. The first-order chi connectivity index (χ1) is 13.3. The van der Waals surface area contributed by atoms with E-state index in [1.807, 2.05) is 12.1 Å². The fourth-order valence-corrected chi connectivity index (χ4v) is 3.31. The summed E-state index contributed by atoms with van der Waals surface area (Å²) in [4.78, 5) is 2.49. The van der Waals surface area contributed by atoms with E-state index < -0.39 is 0 Å². The molecule has 1 saturated heterocycles. The minimum Gasteiger partial charge on any atom is -0.493 e. The third-order valence-corrected chi connectivity index (χ3v) is 4.75. The van der Waals surface area contributed by atoms with Crippen LogP contribution in [-0.2, 0) is 6.54 Å². The summed E-state index contributed by atoms with van der Waals surface area (Å²) in [5.74, 6) is 2.06. The van der Waals surface area contributed by atoms with Crippen LogP contribution in [0.15, 0.2) is 12.1 Å². The first-order valence-electron chi connectivity index (χ1n) is 9.92. The van der Waals surface area contributed by atoms with Crippen LogP contribution >= 0.6 is 0 Å². The lowest BCUT2D eigenvalue weighted by molar-refractivity contribution is 0.258. The van der Waals surface area contributed by atoms with Crippen molar-refractivity contribution in [2.75, 3.05) is 73.7 Å². The lowest BCUT2D eigenvalue weighted by Crippen LogP contribution is -2.36. The van der Waals surface area contributed by atoms with Crippen LogP contribution in [0.4, 0.5) is 0 Å². The van der Waals surface area contributed by atoms with Crippen molar-refractivity contribution in [3.8, 4) is 17.2 Å². The Kier molecular flexibility index (Phi) is 10.3. The molecule has 0 bridgehead atoms. The van der Waals surface area contributed by atoms with Gasteiger partial charge in [0.25, 0.3) is 0 Å². The monoisotopic (exact) mass is 380 g/mol. The SMILES string of the molecule is COc1cc(CN2CCCNCCNCCCNCC2)cc(OC)c1OC. The summed E-state index contributed by atoms with van der Waals surface area (Å²) < 4.78 is 16.4. The highest BCUT2D eigenvalue weighted by Crippen LogP contribution is 2.38. The molecule has 0 atom stereocenters. The Morgan fingerprint density at radius 2 is 1.33 bits per heavy atom. The molecule has 1 aromatic carbocycles. The van der Waals surface area contributed by atoms with Gasteiger partial charge < -0.3 is 30.2 Å². The maximum Gasteiger partial charge on any atom is 0.203 e. The van der Waals surface area contributed by atoms with E-state index in [-0.39, 0.29) is 0 Å². The smallest absolute Gasteiger partial charge is 0.203 e. The zero-order chi connectivity index (χ0) is 19.3. The summed E-state index contributed by atoms with van der Waals surface area (Å²) in [6.45, 7) is 9.17. The highest BCUT2D eigenvalue weighted by atomic mass is 16.5. The Hall–Kier alpha value is -1.54. The minimum atomic E-state index is 0.643. The van der Waals surface area contributed by atoms with Crippen molar-refractivity contribution in [3.05, 3.63) is 17.7 Å². The Labute approximate surface area is 163 Å². The average molecular weight is 381 g/mol. The van der Waals surface area contributed by atoms with Crippen LogP contribution in [0.25, 0.3) is 0 Å². The second-order valence-corrected chi connectivity index (χ2v) is 6.77. The molecule has 154 valence electrons. The van der Waals surface area contributed by atoms with E-state index in [9.17, 15) is 0 Å². The zero-order valence-electron chi connectivity index (χ0n) is 17.1. The molecular weight excluding hydrogens is 344 g/mol. The molecule has 1 aromatic rings. The van der Waals surface area contributed by atoms with Gasteiger partial charge in [-0.1, -0.05) is 0 Å². The molecule has 0 amide bonds. The number of ether oxygens (including phenoxy) is 3. The third-order valence-electron chi connectivity index (χ3n) is 4.75. The molecule has 1 aliphatic rings. The van der Waals surface area contributed by atoms with Gasteiger partial charge in [-0.3, -0.25) is 4.90 Å². The first kappa shape index (κ1) is 21.8. The van der Waals surface area contributed by atoms with Crippen molar-refractivity contribution in [2.24, 2.45) is 0 Å². The van der Waals surface area contributed by atoms with Crippen molar-refractivity contribution in [1.82, 2.24) is 20.9 Å². The number of hydrogen-bond donors (Lipinski definition) is 3. The fraction of sp³-hybridized carbons (Fsp3) is 0.700. The van der Waals surface area contributed by atoms with E-state index in [4.69, 9.17) is 14.2 Å². The van der Waals surface area contributed by atoms with Crippen molar-refractivity contribution in [3.63, 3.8) is 0 Å². The highest BCUT2D eigenvalue weighted by molar-refractivity contribution is 5.53. The number of benzene rings is 1. The number of rotatable bonds is 5. The summed E-state index contributed by atoms with van der Waals surface area (Å²) in [5, 5.41) is 10.5. The van der Waals surface area contributed by atoms with Crippen LogP contribution in [0.5, 0.6) is 17.2 Å². The van der Waals surface area contributed by atoms with E-state index in [0.717, 1.165) is 71.7 Å². The molecule has 0 saturated carbocycles. The van der Waals surface area contributed by atoms with Crippen molar-refractivity contribution >= 4 is 0 Å². The number of nitrogens with one attached hydrogen (secondary N) is 3. The largest absolute Gasteiger partial charge is 0.493 e. The molecule has 3 N–H and O–H groups in total. The van der Waals surface area contributed by atoms with E-state index in [0.29, 0.717) is 17.2 Å². The molecule has 1 heterocycles. The molecule has 7 heteroatoms. The predicted octanol–water partition coefficient (Wildman–Crippen LogP) is 1.08. The van der Waals surface area contributed by atoms with Crippen LogP contribution in [0.3, 0.4) is 0 Å². The van der Waals surface area contributed by atoms with E-state index in [1.54, 1.807) is 21.3 Å². The van der Waals surface area contributed by atoms with Gasteiger partial charge in [-0.15, -0.1) is 0 Å². The topological polar surface area (TPSA) is 67.0 Å². The quantitative estimate of drug-likeness (QED) is 0.706. The number of nitrogens with zero attached hydrogens (tertiary/aromatic N) is 1. The summed E-state index contributed by atoms with van der Waals surface area (Å²) in [6, 6.07) is 4.09. The van der Waals surface area contributed by atoms with Crippen LogP contribution < -0.4 is 30.2 Å². The summed E-state index contributed by atoms with van der Waals surface area (Å²) in [7, 11) is 4.95. The molecule has 0 unspecified atom stereocenters. The van der Waals surface area contributed by atoms with Crippen LogP contribution in [0.2, 0.25) is 0 Å². The summed E-state index contributed by atoms with van der Waals surface area (Å²) in [6.07, 6.45) is 2.29. The second-order valence-electron chi connectivity index (χ2n) is 6.77. The predicted molar refractivity (Wildman–Crippen MR) is 109 cm³/mol. The van der Waals surface area contributed by atoms with E-state index >= 15 is 0 Å². The number of hydrogen-bond acceptors (Lipinski definition) is 7. The molecule has 7 nitrogen and oxygen atoms in total. The number of methoxy groups -OCH3 is 3. The lowest BCUT2D eigenvalue weighted by atomic mass is 10.1. The normalized spacial score (nSPS) is 18.5. The van der Waals surface area contributed by atoms with Crippen molar-refractivity contribution < 1.29 is 14.2 Å². The highest BCUT2D eigenvalue weighted by Gasteiger charge is 2.15. The van der Waals surface area contributed by atoms with Crippen LogP contribution in [-0.4, -0.2) is 78.6 Å². The second kappa shape index (κ2) is 12.8. The standard InChI is InChI=1S/C20H36N4O3/c1-25-18-14-17(15-19(26-2)20(18)27-3)16-24-12-5-8-22-10-9-21-6-4-7-23-11-13-24/h14-15,21-23H,4-13,16H2,1-3H3. The van der Waals surface area contributed by atoms with E-state index in [1.165, 1.54) is 5.56 Å². The van der Waals surface area contributed by atoms with Gasteiger partial charge in [0.15, 0.2) is 11.5 Å². The van der Waals surface area contributed by atoms with Gasteiger partial charge in [0.05, 0.1) is 21.3 Å². The Morgan fingerprint density at radius 1 is 0.741 bits per heavy atom. The van der Waals surface area contributed by atoms with Gasteiger partial charge in [-0.25, -0.2) is 0 Å². The molecule has 0 aliphatic carbocycles. The van der Waals surface area contributed by atoms with Gasteiger partial charge in [-0.05, 0) is 56.7 Å². The molecule has 0 aromatic heterocycles. The molecular formula is C20H36N4O3. The Balaban J connectivity index is 2.02. The zero-order valence-corrected chi connectivity index (χ0v) is 17.1. The fourth-order valence-electron chi connectivity index (χ4n) is 3.31. The molecule has 27 heavy (non-hydrogen) atoms. The third kappa shape index (κ3) is 7.54. The van der Waals surface area contributed by atoms with Gasteiger partial charge >= 0.3 is 0 Å². The van der Waals surface area contributed by atoms with Crippen LogP contribution in [0, 0.1) is 0 Å². The molecule has 1 fully saturated rings. The van der Waals surface area contributed by atoms with Gasteiger partial charge in [0.2, 0.25) is 5.75 Å². The molecule has 2 rings (SSSR count). The molecule has 0 radical (unpaired) electrons. The van der Waals surface area contributed by atoms with E-state index in [2.05, 4.69) is 20.9 Å². The van der Waals surface area contributed by atoms with Crippen molar-refractivity contribution in [1.29, 1.82) is 0 Å². The van der Waals surface area contributed by atoms with Crippen LogP contribution in [0.1, 0.15) is 18.4 Å². The van der Waals surface area contributed by atoms with Gasteiger partial charge in [0, 0.05) is 32.7 Å². The maximum atomic E-state index is 5.49. The maximum absolute atomic E-state index is 5.49. The lowest BCUT2D eigenvalue weighted by Gasteiger charge is -2.24. The van der Waals surface area contributed by atoms with Crippen molar-refractivity contribution in [2.45, 2.75) is 19.4 Å². The summed E-state index contributed by atoms with van der Waals surface area (Å²) >= 11 is 0.